The first kappa shape index (κ1) is 15.3. The van der Waals surface area contributed by atoms with Gasteiger partial charge >= 0.3 is 7.12 Å². The average molecular weight is 273 g/mol. The maximum absolute atomic E-state index is 6.04. The predicted octanol–water partition coefficient (Wildman–Crippen LogP) is 2.22. The lowest BCUT2D eigenvalue weighted by atomic mass is 9.79. The lowest BCUT2D eigenvalue weighted by Gasteiger charge is -2.32. The molecule has 0 radical (unpaired) electrons. The largest absolute Gasteiger partial charge is 0.494 e. The molecule has 3 nitrogen and oxygen atoms in total. The smallest absolute Gasteiger partial charge is 0.399 e. The summed E-state index contributed by atoms with van der Waals surface area (Å²) in [6, 6.07) is 8.32. The number of hydrogen-bond donors (Lipinski definition) is 1. The second-order valence-corrected chi connectivity index (χ2v) is 6.21. The van der Waals surface area contributed by atoms with Crippen molar-refractivity contribution in [1.29, 1.82) is 0 Å². The molecule has 1 N–H and O–H groups in total. The summed E-state index contributed by atoms with van der Waals surface area (Å²) in [6.45, 7) is 9.16. The summed E-state index contributed by atoms with van der Waals surface area (Å²) in [4.78, 5) is 0. The third kappa shape index (κ3) is 3.14. The molecule has 1 aromatic carbocycles. The molecular weight excluding hydrogens is 249 g/mol. The van der Waals surface area contributed by atoms with E-state index in [1.807, 2.05) is 7.05 Å². The Balaban J connectivity index is 2.08. The highest BCUT2D eigenvalue weighted by Gasteiger charge is 2.51. The predicted molar refractivity (Wildman–Crippen MR) is 85.1 cm³/mol. The number of nitrogens with one attached hydrogen (secondary N) is 1. The molecule has 0 aromatic heterocycles. The van der Waals surface area contributed by atoms with E-state index in [-0.39, 0.29) is 18.3 Å². The standard InChI is InChI=1S/C16H24BNO2/c1-15(2)16(3,4)20-17(19-15)14-10-8-13(9-11-14)7-6-12-18-5/h6-11,18H,12H2,1-5H3. The van der Waals surface area contributed by atoms with Crippen LogP contribution < -0.4 is 10.8 Å². The molecule has 0 bridgehead atoms. The zero-order valence-electron chi connectivity index (χ0n) is 13.1. The van der Waals surface area contributed by atoms with Crippen LogP contribution in [-0.2, 0) is 9.31 Å². The van der Waals surface area contributed by atoms with Gasteiger partial charge in [-0.2, -0.15) is 0 Å². The molecule has 1 aliphatic heterocycles. The molecule has 4 heteroatoms. The summed E-state index contributed by atoms with van der Waals surface area (Å²) >= 11 is 0. The van der Waals surface area contributed by atoms with E-state index in [2.05, 4.69) is 69.4 Å². The Morgan fingerprint density at radius 1 is 1.05 bits per heavy atom. The monoisotopic (exact) mass is 273 g/mol. The Bertz CT molecular complexity index is 464. The molecule has 0 atom stereocenters. The summed E-state index contributed by atoms with van der Waals surface area (Å²) < 4.78 is 12.1. The second-order valence-electron chi connectivity index (χ2n) is 6.21. The van der Waals surface area contributed by atoms with Crippen molar-refractivity contribution in [2.45, 2.75) is 38.9 Å². The van der Waals surface area contributed by atoms with Crippen LogP contribution in [0.2, 0.25) is 0 Å². The lowest BCUT2D eigenvalue weighted by Crippen LogP contribution is -2.41. The molecule has 0 aliphatic carbocycles. The lowest BCUT2D eigenvalue weighted by molar-refractivity contribution is 0.00578. The van der Waals surface area contributed by atoms with E-state index < -0.39 is 0 Å². The molecule has 1 fully saturated rings. The zero-order valence-corrected chi connectivity index (χ0v) is 13.1. The zero-order chi connectivity index (χ0) is 14.8. The van der Waals surface area contributed by atoms with Crippen LogP contribution in [0.3, 0.4) is 0 Å². The van der Waals surface area contributed by atoms with Crippen molar-refractivity contribution >= 4 is 18.7 Å². The summed E-state index contributed by atoms with van der Waals surface area (Å²) in [5.41, 5.74) is 1.67. The number of hydrogen-bond acceptors (Lipinski definition) is 3. The maximum atomic E-state index is 6.04. The summed E-state index contributed by atoms with van der Waals surface area (Å²) in [6.07, 6.45) is 4.20. The van der Waals surface area contributed by atoms with Crippen molar-refractivity contribution in [3.63, 3.8) is 0 Å². The highest BCUT2D eigenvalue weighted by atomic mass is 16.7. The van der Waals surface area contributed by atoms with Crippen LogP contribution in [0.5, 0.6) is 0 Å². The van der Waals surface area contributed by atoms with Gasteiger partial charge in [-0.3, -0.25) is 0 Å². The molecule has 0 saturated carbocycles. The van der Waals surface area contributed by atoms with E-state index in [9.17, 15) is 0 Å². The maximum Gasteiger partial charge on any atom is 0.494 e. The minimum atomic E-state index is -0.289. The van der Waals surface area contributed by atoms with Crippen LogP contribution in [0.25, 0.3) is 6.08 Å². The van der Waals surface area contributed by atoms with Crippen molar-refractivity contribution in [1.82, 2.24) is 5.32 Å². The van der Waals surface area contributed by atoms with E-state index in [1.165, 1.54) is 5.56 Å². The molecule has 0 spiro atoms. The Kier molecular flexibility index (Phi) is 4.38. The van der Waals surface area contributed by atoms with Crippen molar-refractivity contribution in [2.24, 2.45) is 0 Å². The van der Waals surface area contributed by atoms with Crippen LogP contribution in [0.4, 0.5) is 0 Å². The van der Waals surface area contributed by atoms with Crippen LogP contribution in [-0.4, -0.2) is 31.9 Å². The third-order valence-electron chi connectivity index (χ3n) is 4.09. The molecule has 0 amide bonds. The summed E-state index contributed by atoms with van der Waals surface area (Å²) in [7, 11) is 1.65. The minimum absolute atomic E-state index is 0.282. The van der Waals surface area contributed by atoms with E-state index in [1.54, 1.807) is 0 Å². The van der Waals surface area contributed by atoms with E-state index >= 15 is 0 Å². The molecule has 1 aliphatic rings. The van der Waals surface area contributed by atoms with Crippen LogP contribution in [0.1, 0.15) is 33.3 Å². The first-order valence-electron chi connectivity index (χ1n) is 7.12. The van der Waals surface area contributed by atoms with Crippen molar-refractivity contribution in [2.75, 3.05) is 13.6 Å². The summed E-state index contributed by atoms with van der Waals surface area (Å²) in [5, 5.41) is 3.09. The van der Waals surface area contributed by atoms with Crippen LogP contribution in [0.15, 0.2) is 30.3 Å². The van der Waals surface area contributed by atoms with Crippen LogP contribution in [0, 0.1) is 0 Å². The molecule has 108 valence electrons. The van der Waals surface area contributed by atoms with Gasteiger partial charge in [-0.1, -0.05) is 36.4 Å². The summed E-state index contributed by atoms with van der Waals surface area (Å²) in [5.74, 6) is 0. The Morgan fingerprint density at radius 3 is 2.10 bits per heavy atom. The molecule has 2 rings (SSSR count). The van der Waals surface area contributed by atoms with E-state index in [0.717, 1.165) is 12.0 Å². The van der Waals surface area contributed by atoms with Gasteiger partial charge < -0.3 is 14.6 Å². The fourth-order valence-electron chi connectivity index (χ4n) is 2.06. The minimum Gasteiger partial charge on any atom is -0.399 e. The van der Waals surface area contributed by atoms with Gasteiger partial charge in [0.15, 0.2) is 0 Å². The third-order valence-corrected chi connectivity index (χ3v) is 4.09. The normalized spacial score (nSPS) is 20.8. The first-order chi connectivity index (χ1) is 9.36. The Labute approximate surface area is 122 Å². The van der Waals surface area contributed by atoms with Crippen LogP contribution >= 0.6 is 0 Å². The highest BCUT2D eigenvalue weighted by molar-refractivity contribution is 6.62. The van der Waals surface area contributed by atoms with Gasteiger partial charge in [0.25, 0.3) is 0 Å². The fourth-order valence-corrected chi connectivity index (χ4v) is 2.06. The molecule has 1 heterocycles. The molecule has 0 unspecified atom stereocenters. The van der Waals surface area contributed by atoms with Gasteiger partial charge in [0.1, 0.15) is 0 Å². The number of benzene rings is 1. The van der Waals surface area contributed by atoms with Gasteiger partial charge in [0.2, 0.25) is 0 Å². The molecule has 1 aromatic rings. The van der Waals surface area contributed by atoms with Crippen molar-refractivity contribution in [3.05, 3.63) is 35.9 Å². The quantitative estimate of drug-likeness (QED) is 0.853. The van der Waals surface area contributed by atoms with Crippen molar-refractivity contribution < 1.29 is 9.31 Å². The van der Waals surface area contributed by atoms with Crippen molar-refractivity contribution in [3.8, 4) is 0 Å². The van der Waals surface area contributed by atoms with Gasteiger partial charge in [-0.15, -0.1) is 0 Å². The SMILES string of the molecule is CNCC=Cc1ccc(B2OC(C)(C)C(C)(C)O2)cc1. The Morgan fingerprint density at radius 2 is 1.60 bits per heavy atom. The average Bonchev–Trinajstić information content (AvgIpc) is 2.60. The van der Waals surface area contributed by atoms with Gasteiger partial charge in [0, 0.05) is 6.54 Å². The van der Waals surface area contributed by atoms with Gasteiger partial charge in [-0.25, -0.2) is 0 Å². The number of likely N-dealkylation sites (N-methyl/N-ethyl adjacent to an activating group) is 1. The fraction of sp³-hybridized carbons (Fsp3) is 0.500. The highest BCUT2D eigenvalue weighted by Crippen LogP contribution is 2.36. The Hall–Kier alpha value is -1.10. The molecule has 1 saturated heterocycles. The number of rotatable bonds is 4. The first-order valence-corrected chi connectivity index (χ1v) is 7.12. The van der Waals surface area contributed by atoms with E-state index in [0.29, 0.717) is 0 Å². The van der Waals surface area contributed by atoms with Gasteiger partial charge in [-0.05, 0) is 45.8 Å². The molecule has 20 heavy (non-hydrogen) atoms. The molecular formula is C16H24BNO2. The topological polar surface area (TPSA) is 30.5 Å². The van der Waals surface area contributed by atoms with E-state index in [4.69, 9.17) is 9.31 Å². The van der Waals surface area contributed by atoms with Gasteiger partial charge in [0.05, 0.1) is 11.2 Å². The second kappa shape index (κ2) is 5.72.